The van der Waals surface area contributed by atoms with Crippen LogP contribution in [-0.4, -0.2) is 17.9 Å². The number of carbonyl (C=O) groups is 1. The molecule has 0 bridgehead atoms. The molecule has 0 aliphatic carbocycles. The fraction of sp³-hybridized carbons (Fsp3) is 0.130. The number of nitrogens with zero attached hydrogens (tertiary/aromatic N) is 2. The Balaban J connectivity index is 1.82. The molecule has 8 nitrogen and oxygen atoms in total. The number of benzene rings is 2. The van der Waals surface area contributed by atoms with Crippen LogP contribution in [0.3, 0.4) is 0 Å². The fourth-order valence-corrected chi connectivity index (χ4v) is 2.96. The highest BCUT2D eigenvalue weighted by atomic mass is 16.6. The molecule has 31 heavy (non-hydrogen) atoms. The Bertz CT molecular complexity index is 1180. The van der Waals surface area contributed by atoms with E-state index in [0.29, 0.717) is 11.3 Å². The lowest BCUT2D eigenvalue weighted by molar-refractivity contribution is -0.384. The van der Waals surface area contributed by atoms with Crippen molar-refractivity contribution in [3.05, 3.63) is 87.7 Å². The minimum absolute atomic E-state index is 0.108. The zero-order valence-electron chi connectivity index (χ0n) is 16.9. The Morgan fingerprint density at radius 1 is 1.23 bits per heavy atom. The van der Waals surface area contributed by atoms with E-state index in [0.717, 1.165) is 5.56 Å². The number of nitro groups is 1. The Labute approximate surface area is 178 Å². The molecule has 3 aromatic rings. The van der Waals surface area contributed by atoms with Gasteiger partial charge in [0.2, 0.25) is 0 Å². The molecule has 1 atom stereocenters. The van der Waals surface area contributed by atoms with Crippen LogP contribution in [-0.2, 0) is 4.79 Å². The number of rotatable bonds is 7. The number of hydrogen-bond acceptors (Lipinski definition) is 6. The monoisotopic (exact) mass is 417 g/mol. The molecule has 8 heteroatoms. The largest absolute Gasteiger partial charge is 0.496 e. The summed E-state index contributed by atoms with van der Waals surface area (Å²) in [6.45, 7) is 1.83. The van der Waals surface area contributed by atoms with Crippen LogP contribution < -0.4 is 10.1 Å². The van der Waals surface area contributed by atoms with Gasteiger partial charge in [-0.1, -0.05) is 30.3 Å². The van der Waals surface area contributed by atoms with Gasteiger partial charge in [0.15, 0.2) is 0 Å². The van der Waals surface area contributed by atoms with Crippen LogP contribution in [0.4, 0.5) is 5.69 Å². The number of furan rings is 1. The predicted octanol–water partition coefficient (Wildman–Crippen LogP) is 4.65. The summed E-state index contributed by atoms with van der Waals surface area (Å²) in [5.41, 5.74) is 1.20. The number of nitriles is 1. The Kier molecular flexibility index (Phi) is 6.48. The molecule has 0 radical (unpaired) electrons. The first-order chi connectivity index (χ1) is 14.9. The van der Waals surface area contributed by atoms with Crippen LogP contribution >= 0.6 is 0 Å². The van der Waals surface area contributed by atoms with Gasteiger partial charge in [0, 0.05) is 12.1 Å². The van der Waals surface area contributed by atoms with Crippen molar-refractivity contribution in [2.45, 2.75) is 13.0 Å². The summed E-state index contributed by atoms with van der Waals surface area (Å²) in [6.07, 6.45) is 1.34. The van der Waals surface area contributed by atoms with E-state index in [1.54, 1.807) is 12.1 Å². The molecule has 0 spiro atoms. The van der Waals surface area contributed by atoms with E-state index in [2.05, 4.69) is 5.32 Å². The first kappa shape index (κ1) is 21.3. The lowest BCUT2D eigenvalue weighted by Crippen LogP contribution is -2.27. The summed E-state index contributed by atoms with van der Waals surface area (Å²) < 4.78 is 11.0. The van der Waals surface area contributed by atoms with Crippen molar-refractivity contribution >= 4 is 17.7 Å². The number of carbonyl (C=O) groups excluding carboxylic acids is 1. The van der Waals surface area contributed by atoms with E-state index in [4.69, 9.17) is 9.15 Å². The number of ether oxygens (including phenoxy) is 1. The lowest BCUT2D eigenvalue weighted by Gasteiger charge is -2.13. The molecule has 1 amide bonds. The van der Waals surface area contributed by atoms with Gasteiger partial charge in [-0.05, 0) is 30.7 Å². The SMILES string of the molecule is COc1cc([N+](=O)[O-])ccc1-c1ccc(/C=C(/C#N)C(=O)N[C@H](C)c2ccccc2)o1. The molecule has 1 N–H and O–H groups in total. The number of hydrogen-bond donors (Lipinski definition) is 1. The summed E-state index contributed by atoms with van der Waals surface area (Å²) in [5, 5.41) is 23.2. The highest BCUT2D eigenvalue weighted by Gasteiger charge is 2.17. The summed E-state index contributed by atoms with van der Waals surface area (Å²) in [6, 6.07) is 18.4. The average molecular weight is 417 g/mol. The lowest BCUT2D eigenvalue weighted by atomic mass is 10.1. The van der Waals surface area contributed by atoms with Crippen molar-refractivity contribution in [2.24, 2.45) is 0 Å². The van der Waals surface area contributed by atoms with Gasteiger partial charge >= 0.3 is 0 Å². The second kappa shape index (κ2) is 9.41. The zero-order chi connectivity index (χ0) is 22.4. The molecule has 2 aromatic carbocycles. The van der Waals surface area contributed by atoms with Crippen LogP contribution in [0.1, 0.15) is 24.3 Å². The second-order valence-electron chi connectivity index (χ2n) is 6.62. The summed E-state index contributed by atoms with van der Waals surface area (Å²) in [4.78, 5) is 23.0. The maximum atomic E-state index is 12.5. The maximum absolute atomic E-state index is 12.5. The van der Waals surface area contributed by atoms with E-state index < -0.39 is 10.8 Å². The van der Waals surface area contributed by atoms with Gasteiger partial charge in [-0.3, -0.25) is 14.9 Å². The van der Waals surface area contributed by atoms with Gasteiger partial charge in [-0.25, -0.2) is 0 Å². The van der Waals surface area contributed by atoms with Crippen molar-refractivity contribution in [1.29, 1.82) is 5.26 Å². The molecule has 0 aliphatic rings. The minimum atomic E-state index is -0.523. The number of nitrogens with one attached hydrogen (secondary N) is 1. The quantitative estimate of drug-likeness (QED) is 0.259. The van der Waals surface area contributed by atoms with Crippen molar-refractivity contribution in [3.63, 3.8) is 0 Å². The van der Waals surface area contributed by atoms with E-state index in [1.165, 1.54) is 31.4 Å². The number of nitro benzene ring substituents is 1. The van der Waals surface area contributed by atoms with Gasteiger partial charge in [0.1, 0.15) is 28.9 Å². The highest BCUT2D eigenvalue weighted by Crippen LogP contribution is 2.34. The van der Waals surface area contributed by atoms with Gasteiger partial charge in [0.25, 0.3) is 11.6 Å². The highest BCUT2D eigenvalue weighted by molar-refractivity contribution is 6.01. The molecular weight excluding hydrogens is 398 g/mol. The zero-order valence-corrected chi connectivity index (χ0v) is 16.9. The van der Waals surface area contributed by atoms with Crippen molar-refractivity contribution < 1.29 is 18.9 Å². The maximum Gasteiger partial charge on any atom is 0.273 e. The standard InChI is InChI=1S/C23H19N3O5/c1-15(16-6-4-3-5-7-16)25-23(27)17(14-24)12-19-9-11-21(31-19)20-10-8-18(26(28)29)13-22(20)30-2/h3-13,15H,1-2H3,(H,25,27)/b17-12-/t15-/m1/s1. The van der Waals surface area contributed by atoms with E-state index in [9.17, 15) is 20.2 Å². The topological polar surface area (TPSA) is 118 Å². The van der Waals surface area contributed by atoms with Crippen molar-refractivity contribution in [2.75, 3.05) is 7.11 Å². The molecule has 0 saturated carbocycles. The third-order valence-corrected chi connectivity index (χ3v) is 4.59. The van der Waals surface area contributed by atoms with Gasteiger partial charge in [-0.15, -0.1) is 0 Å². The third-order valence-electron chi connectivity index (χ3n) is 4.59. The molecule has 3 rings (SSSR count). The predicted molar refractivity (Wildman–Crippen MR) is 114 cm³/mol. The van der Waals surface area contributed by atoms with Crippen LogP contribution in [0, 0.1) is 21.4 Å². The van der Waals surface area contributed by atoms with E-state index in [-0.39, 0.29) is 28.8 Å². The second-order valence-corrected chi connectivity index (χ2v) is 6.62. The Morgan fingerprint density at radius 3 is 2.61 bits per heavy atom. The molecule has 0 fully saturated rings. The molecule has 0 aliphatic heterocycles. The molecular formula is C23H19N3O5. The fourth-order valence-electron chi connectivity index (χ4n) is 2.96. The summed E-state index contributed by atoms with van der Waals surface area (Å²) in [5.74, 6) is 0.418. The normalized spacial score (nSPS) is 12.0. The van der Waals surface area contributed by atoms with Crippen LogP contribution in [0.25, 0.3) is 17.4 Å². The smallest absolute Gasteiger partial charge is 0.273 e. The van der Waals surface area contributed by atoms with Gasteiger partial charge in [-0.2, -0.15) is 5.26 Å². The minimum Gasteiger partial charge on any atom is -0.496 e. The first-order valence-electron chi connectivity index (χ1n) is 9.33. The van der Waals surface area contributed by atoms with E-state index in [1.807, 2.05) is 43.3 Å². The van der Waals surface area contributed by atoms with Gasteiger partial charge < -0.3 is 14.5 Å². The Hall–Kier alpha value is -4.38. The molecule has 0 unspecified atom stereocenters. The Morgan fingerprint density at radius 2 is 1.97 bits per heavy atom. The summed E-state index contributed by atoms with van der Waals surface area (Å²) >= 11 is 0. The number of amides is 1. The van der Waals surface area contributed by atoms with Gasteiger partial charge in [0.05, 0.1) is 29.7 Å². The molecule has 1 heterocycles. The number of non-ortho nitro benzene ring substituents is 1. The van der Waals surface area contributed by atoms with Crippen LogP contribution in [0.2, 0.25) is 0 Å². The van der Waals surface area contributed by atoms with E-state index >= 15 is 0 Å². The number of methoxy groups -OCH3 is 1. The van der Waals surface area contributed by atoms with Crippen LogP contribution in [0.5, 0.6) is 5.75 Å². The molecule has 1 aromatic heterocycles. The summed E-state index contributed by atoms with van der Waals surface area (Å²) in [7, 11) is 1.40. The molecule has 156 valence electrons. The molecule has 0 saturated heterocycles. The first-order valence-corrected chi connectivity index (χ1v) is 9.33. The van der Waals surface area contributed by atoms with Crippen LogP contribution in [0.15, 0.2) is 70.7 Å². The van der Waals surface area contributed by atoms with Crippen molar-refractivity contribution in [3.8, 4) is 23.1 Å². The van der Waals surface area contributed by atoms with Crippen molar-refractivity contribution in [1.82, 2.24) is 5.32 Å². The third kappa shape index (κ3) is 4.97. The average Bonchev–Trinajstić information content (AvgIpc) is 3.25.